The number of hydrogen-bond acceptors (Lipinski definition) is 3. The highest BCUT2D eigenvalue weighted by molar-refractivity contribution is 6.02. The summed E-state index contributed by atoms with van der Waals surface area (Å²) in [7, 11) is 0. The van der Waals surface area contributed by atoms with Crippen molar-refractivity contribution in [1.82, 2.24) is 0 Å². The molecule has 1 aliphatic heterocycles. The van der Waals surface area contributed by atoms with E-state index >= 15 is 0 Å². The van der Waals surface area contributed by atoms with Gasteiger partial charge in [0.25, 0.3) is 5.52 Å². The van der Waals surface area contributed by atoms with Gasteiger partial charge in [0.15, 0.2) is 12.3 Å². The van der Waals surface area contributed by atoms with Gasteiger partial charge in [0.05, 0.1) is 11.8 Å². The van der Waals surface area contributed by atoms with Crippen LogP contribution in [0.4, 0.5) is 5.69 Å². The number of fused-ring (bicyclic) bond motifs is 6. The van der Waals surface area contributed by atoms with E-state index in [0.717, 1.165) is 70.0 Å². The molecule has 0 saturated heterocycles. The van der Waals surface area contributed by atoms with E-state index in [-0.39, 0.29) is 0 Å². The van der Waals surface area contributed by atoms with Gasteiger partial charge in [-0.25, -0.2) is 0 Å². The van der Waals surface area contributed by atoms with Gasteiger partial charge in [-0.05, 0) is 40.5 Å². The zero-order chi connectivity index (χ0) is 31.6. The minimum atomic E-state index is 0.665. The Kier molecular flexibility index (Phi) is 7.49. The van der Waals surface area contributed by atoms with Crippen LogP contribution < -0.4 is 14.2 Å². The first-order chi connectivity index (χ1) is 23.2. The van der Waals surface area contributed by atoms with E-state index in [0.29, 0.717) is 17.3 Å². The summed E-state index contributed by atoms with van der Waals surface area (Å²) in [5.41, 5.74) is 6.13. The highest BCUT2D eigenvalue weighted by Gasteiger charge is 2.29. The molecule has 0 bridgehead atoms. The van der Waals surface area contributed by atoms with E-state index in [1.807, 2.05) is 36.4 Å². The molecule has 0 unspecified atom stereocenters. The van der Waals surface area contributed by atoms with Crippen molar-refractivity contribution in [3.8, 4) is 18.1 Å². The standard InChI is InChI=1S/C43H33N2O2/c1-2-31(29-40-44(27-25-32-13-5-3-6-14-32)38-23-21-34-17-9-11-19-36(34)42(38)46-40)30-41-45(28-26-33-15-7-4-8-16-33)39-24-22-35-18-10-12-20-37(35)43(39)47-41/h1,3-24,29-30H,25-28H2/q+1. The predicted molar refractivity (Wildman–Crippen MR) is 191 cm³/mol. The molecule has 4 heteroatoms. The van der Waals surface area contributed by atoms with Gasteiger partial charge < -0.3 is 14.1 Å². The summed E-state index contributed by atoms with van der Waals surface area (Å²) in [6.07, 6.45) is 11.9. The van der Waals surface area contributed by atoms with Gasteiger partial charge in [-0.3, -0.25) is 0 Å². The lowest BCUT2D eigenvalue weighted by Crippen LogP contribution is -2.36. The number of hydrogen-bond donors (Lipinski definition) is 0. The maximum atomic E-state index is 6.66. The molecule has 7 aromatic rings. The number of allylic oxidation sites excluding steroid dienone is 2. The summed E-state index contributed by atoms with van der Waals surface area (Å²) in [4.78, 5) is 2.23. The summed E-state index contributed by atoms with van der Waals surface area (Å²) in [5.74, 6) is 5.18. The average Bonchev–Trinajstić information content (AvgIpc) is 3.67. The molecular weight excluding hydrogens is 576 g/mol. The van der Waals surface area contributed by atoms with Crippen LogP contribution in [0, 0.1) is 12.3 Å². The van der Waals surface area contributed by atoms with Gasteiger partial charge in [-0.2, -0.15) is 4.57 Å². The van der Waals surface area contributed by atoms with Gasteiger partial charge in [-0.1, -0.05) is 121 Å². The smallest absolute Gasteiger partial charge is 0.375 e. The maximum absolute atomic E-state index is 6.66. The van der Waals surface area contributed by atoms with Crippen molar-refractivity contribution < 1.29 is 13.7 Å². The number of anilines is 1. The third-order valence-electron chi connectivity index (χ3n) is 8.90. The van der Waals surface area contributed by atoms with Crippen LogP contribution in [0.15, 0.2) is 155 Å². The quantitative estimate of drug-likeness (QED) is 0.127. The first kappa shape index (κ1) is 28.4. The zero-order valence-electron chi connectivity index (χ0n) is 26.0. The van der Waals surface area contributed by atoms with Crippen molar-refractivity contribution in [3.63, 3.8) is 0 Å². The van der Waals surface area contributed by atoms with E-state index in [2.05, 4.69) is 125 Å². The van der Waals surface area contributed by atoms with Crippen LogP contribution in [-0.2, 0) is 19.4 Å². The summed E-state index contributed by atoms with van der Waals surface area (Å²) >= 11 is 0. The summed E-state index contributed by atoms with van der Waals surface area (Å²) in [5, 5.41) is 4.42. The SMILES string of the molecule is C#CC(=Cc1oc2c3ccccc3ccc2[n+]1CCc1ccccc1)C=C1Oc2c(ccc3ccccc23)N1CCc1ccccc1. The molecule has 0 saturated carbocycles. The van der Waals surface area contributed by atoms with Crippen LogP contribution in [-0.4, -0.2) is 6.54 Å². The van der Waals surface area contributed by atoms with Crippen LogP contribution in [0.5, 0.6) is 5.75 Å². The van der Waals surface area contributed by atoms with Crippen molar-refractivity contribution in [2.45, 2.75) is 19.4 Å². The highest BCUT2D eigenvalue weighted by Crippen LogP contribution is 2.44. The molecule has 2 heterocycles. The molecule has 47 heavy (non-hydrogen) atoms. The minimum Gasteiger partial charge on any atom is -0.438 e. The van der Waals surface area contributed by atoms with E-state index in [1.165, 1.54) is 11.1 Å². The van der Waals surface area contributed by atoms with Gasteiger partial charge in [-0.15, -0.1) is 6.42 Å². The van der Waals surface area contributed by atoms with Crippen LogP contribution in [0.2, 0.25) is 0 Å². The lowest BCUT2D eigenvalue weighted by atomic mass is 10.1. The van der Waals surface area contributed by atoms with Crippen LogP contribution >= 0.6 is 0 Å². The van der Waals surface area contributed by atoms with Crippen molar-refractivity contribution >= 4 is 44.4 Å². The second-order valence-electron chi connectivity index (χ2n) is 11.8. The van der Waals surface area contributed by atoms with Gasteiger partial charge in [0.1, 0.15) is 0 Å². The number of ether oxygens (including phenoxy) is 1. The molecule has 0 atom stereocenters. The Morgan fingerprint density at radius 3 is 2.09 bits per heavy atom. The van der Waals surface area contributed by atoms with Gasteiger partial charge in [0.2, 0.25) is 11.5 Å². The number of terminal acetylenes is 1. The first-order valence-electron chi connectivity index (χ1n) is 16.0. The number of rotatable bonds is 8. The van der Waals surface area contributed by atoms with Crippen LogP contribution in [0.3, 0.4) is 0 Å². The predicted octanol–water partition coefficient (Wildman–Crippen LogP) is 9.27. The molecule has 1 aliphatic rings. The monoisotopic (exact) mass is 609 g/mol. The topological polar surface area (TPSA) is 29.5 Å². The number of aromatic nitrogens is 1. The molecule has 0 spiro atoms. The Morgan fingerprint density at radius 1 is 0.702 bits per heavy atom. The Balaban J connectivity index is 1.22. The van der Waals surface area contributed by atoms with E-state index in [1.54, 1.807) is 0 Å². The Labute approximate surface area is 274 Å². The van der Waals surface area contributed by atoms with Crippen LogP contribution in [0.25, 0.3) is 38.7 Å². The maximum Gasteiger partial charge on any atom is 0.375 e. The average molecular weight is 610 g/mol. The number of benzene rings is 6. The second-order valence-corrected chi connectivity index (χ2v) is 11.8. The fourth-order valence-electron chi connectivity index (χ4n) is 6.50. The molecule has 8 rings (SSSR count). The first-order valence-corrected chi connectivity index (χ1v) is 16.0. The Hall–Kier alpha value is -6.05. The Morgan fingerprint density at radius 2 is 1.34 bits per heavy atom. The van der Waals surface area contributed by atoms with Crippen molar-refractivity contribution in [1.29, 1.82) is 0 Å². The second kappa shape index (κ2) is 12.4. The van der Waals surface area contributed by atoms with Crippen molar-refractivity contribution in [2.24, 2.45) is 0 Å². The molecule has 1 aromatic heterocycles. The Bertz CT molecular complexity index is 2340. The molecular formula is C43H33N2O2+. The van der Waals surface area contributed by atoms with E-state index < -0.39 is 0 Å². The fraction of sp³-hybridized carbons (Fsp3) is 0.0930. The molecule has 0 radical (unpaired) electrons. The van der Waals surface area contributed by atoms with Gasteiger partial charge >= 0.3 is 5.89 Å². The van der Waals surface area contributed by atoms with Crippen molar-refractivity contribution in [2.75, 3.05) is 11.4 Å². The molecule has 0 N–H and O–H groups in total. The fourth-order valence-corrected chi connectivity index (χ4v) is 6.50. The van der Waals surface area contributed by atoms with E-state index in [4.69, 9.17) is 15.6 Å². The normalized spacial score (nSPS) is 13.7. The van der Waals surface area contributed by atoms with E-state index in [9.17, 15) is 0 Å². The molecule has 0 amide bonds. The molecule has 6 aromatic carbocycles. The third kappa shape index (κ3) is 5.54. The van der Waals surface area contributed by atoms with Gasteiger partial charge in [0, 0.05) is 41.5 Å². The molecule has 0 fully saturated rings. The number of nitrogens with zero attached hydrogens (tertiary/aromatic N) is 2. The summed E-state index contributed by atoms with van der Waals surface area (Å²) in [6, 6.07) is 46.3. The highest BCUT2D eigenvalue weighted by atomic mass is 16.5. The number of aryl methyl sites for hydroxylation is 2. The lowest BCUT2D eigenvalue weighted by Gasteiger charge is -2.18. The van der Waals surface area contributed by atoms with Crippen LogP contribution in [0.1, 0.15) is 17.0 Å². The largest absolute Gasteiger partial charge is 0.438 e. The lowest BCUT2D eigenvalue weighted by molar-refractivity contribution is -0.677. The van der Waals surface area contributed by atoms with Crippen molar-refractivity contribution in [3.05, 3.63) is 168 Å². The molecule has 4 nitrogen and oxygen atoms in total. The molecule has 226 valence electrons. The molecule has 0 aliphatic carbocycles. The third-order valence-corrected chi connectivity index (χ3v) is 8.90. The summed E-state index contributed by atoms with van der Waals surface area (Å²) in [6.45, 7) is 1.49. The zero-order valence-corrected chi connectivity index (χ0v) is 26.0. The number of oxazole rings is 1. The summed E-state index contributed by atoms with van der Waals surface area (Å²) < 4.78 is 15.5. The minimum absolute atomic E-state index is 0.665.